The van der Waals surface area contributed by atoms with Crippen LogP contribution in [0.4, 0.5) is 5.13 Å². The number of benzene rings is 3. The number of esters is 2. The van der Waals surface area contributed by atoms with Gasteiger partial charge in [0.25, 0.3) is 11.8 Å². The van der Waals surface area contributed by atoms with Gasteiger partial charge < -0.3 is 25.4 Å². The van der Waals surface area contributed by atoms with Crippen molar-refractivity contribution in [2.75, 3.05) is 11.5 Å². The molecular formula is C38H35N5O7S2. The summed E-state index contributed by atoms with van der Waals surface area (Å²) >= 11 is 2.49. The van der Waals surface area contributed by atoms with E-state index in [-0.39, 0.29) is 22.2 Å². The van der Waals surface area contributed by atoms with Crippen molar-refractivity contribution < 1.29 is 33.5 Å². The quantitative estimate of drug-likeness (QED) is 0.0499. The second-order valence-electron chi connectivity index (χ2n) is 11.7. The Balaban J connectivity index is 1.34. The molecule has 14 heteroatoms. The Bertz CT molecular complexity index is 1950. The number of anilines is 1. The first-order valence-corrected chi connectivity index (χ1v) is 18.2. The molecule has 2 unspecified atom stereocenters. The van der Waals surface area contributed by atoms with Gasteiger partial charge in [0, 0.05) is 41.7 Å². The highest BCUT2D eigenvalue weighted by Crippen LogP contribution is 2.42. The number of carbonyl (C=O) groups excluding carboxylic acids is 4. The predicted molar refractivity (Wildman–Crippen MR) is 198 cm³/mol. The maximum atomic E-state index is 14.2. The number of nitrogens with zero attached hydrogens (tertiary/aromatic N) is 3. The summed E-state index contributed by atoms with van der Waals surface area (Å²) in [6.45, 7) is 4.38. The van der Waals surface area contributed by atoms with E-state index in [0.717, 1.165) is 28.0 Å². The van der Waals surface area contributed by atoms with Gasteiger partial charge in [-0.05, 0) is 12.5 Å². The summed E-state index contributed by atoms with van der Waals surface area (Å²) in [5.74, 6) is -2.39. The van der Waals surface area contributed by atoms with Gasteiger partial charge in [-0.1, -0.05) is 108 Å². The molecule has 6 rings (SSSR count). The fourth-order valence-corrected chi connectivity index (χ4v) is 7.89. The van der Waals surface area contributed by atoms with Crippen LogP contribution in [0.2, 0.25) is 0 Å². The van der Waals surface area contributed by atoms with Gasteiger partial charge in [0.05, 0.1) is 0 Å². The maximum Gasteiger partial charge on any atom is 0.358 e. The lowest BCUT2D eigenvalue weighted by molar-refractivity contribution is -0.182. The molecule has 3 N–H and O–H groups in total. The van der Waals surface area contributed by atoms with Gasteiger partial charge in [-0.15, -0.1) is 23.1 Å². The van der Waals surface area contributed by atoms with Crippen molar-refractivity contribution in [3.63, 3.8) is 0 Å². The molecule has 266 valence electrons. The third-order valence-electron chi connectivity index (χ3n) is 8.24. The summed E-state index contributed by atoms with van der Waals surface area (Å²) in [4.78, 5) is 64.9. The number of ether oxygens (including phenoxy) is 2. The van der Waals surface area contributed by atoms with E-state index in [2.05, 4.69) is 15.5 Å². The molecule has 2 aliphatic rings. The minimum Gasteiger partial charge on any atom is -0.426 e. The Morgan fingerprint density at radius 2 is 1.56 bits per heavy atom. The second-order valence-corrected chi connectivity index (χ2v) is 13.7. The lowest BCUT2D eigenvalue weighted by Crippen LogP contribution is -2.71. The van der Waals surface area contributed by atoms with Gasteiger partial charge in [-0.3, -0.25) is 19.3 Å². The Labute approximate surface area is 308 Å². The van der Waals surface area contributed by atoms with Crippen molar-refractivity contribution in [1.82, 2.24) is 15.2 Å². The first kappa shape index (κ1) is 36.1. The molecule has 0 aliphatic carbocycles. The first-order valence-electron chi connectivity index (χ1n) is 16.3. The molecule has 3 atom stereocenters. The number of hydrogen-bond donors (Lipinski definition) is 2. The maximum absolute atomic E-state index is 14.2. The van der Waals surface area contributed by atoms with Crippen molar-refractivity contribution in [1.29, 1.82) is 0 Å². The van der Waals surface area contributed by atoms with Gasteiger partial charge in [0.15, 0.2) is 10.8 Å². The fraction of sp³-hybridized carbons (Fsp3) is 0.211. The van der Waals surface area contributed by atoms with E-state index in [0.29, 0.717) is 11.3 Å². The molecule has 0 spiro atoms. The van der Waals surface area contributed by atoms with Crippen LogP contribution in [-0.2, 0) is 39.1 Å². The molecule has 1 aromatic heterocycles. The topological polar surface area (TPSA) is 163 Å². The highest BCUT2D eigenvalue weighted by Gasteiger charge is 2.55. The van der Waals surface area contributed by atoms with E-state index in [9.17, 15) is 19.2 Å². The smallest absolute Gasteiger partial charge is 0.358 e. The van der Waals surface area contributed by atoms with Crippen molar-refractivity contribution in [2.45, 2.75) is 44.1 Å². The standard InChI is InChI=1S/C38H35N5O7S2/c1-4-14-25-21-51-35-31(34(46)43(35)32(25)36(47)49-24(3)48-23(2)44)41-33(45)30(29-22-52-37(39)40-29)42-50-38(26-15-8-5-9-16-26,27-17-10-6-11-18-27)28-19-12-7-13-20-28/h4-20,22,24,31,35H,21H2,1-3H3,(H2,39,40)(H,41,45)/b14-4-,42-30-/t24?,31?,35-/m0/s1. The lowest BCUT2D eigenvalue weighted by atomic mass is 9.80. The number of thiazole rings is 1. The van der Waals surface area contributed by atoms with Crippen LogP contribution in [-0.4, -0.2) is 62.8 Å². The van der Waals surface area contributed by atoms with E-state index in [1.54, 1.807) is 24.5 Å². The highest BCUT2D eigenvalue weighted by molar-refractivity contribution is 8.00. The number of nitrogens with one attached hydrogen (secondary N) is 1. The third-order valence-corrected chi connectivity index (χ3v) is 10.2. The number of hydrogen-bond acceptors (Lipinski definition) is 12. The molecular weight excluding hydrogens is 703 g/mol. The largest absolute Gasteiger partial charge is 0.426 e. The minimum absolute atomic E-state index is 0.0132. The van der Waals surface area contributed by atoms with Gasteiger partial charge in [-0.25, -0.2) is 9.78 Å². The first-order chi connectivity index (χ1) is 25.1. The van der Waals surface area contributed by atoms with E-state index in [1.165, 1.54) is 30.5 Å². The molecule has 3 aromatic carbocycles. The number of aromatic nitrogens is 1. The zero-order chi connectivity index (χ0) is 36.8. The molecule has 2 aliphatic heterocycles. The van der Waals surface area contributed by atoms with Crippen LogP contribution in [0, 0.1) is 0 Å². The summed E-state index contributed by atoms with van der Waals surface area (Å²) in [5, 5.41) is 8.46. The van der Waals surface area contributed by atoms with Crippen LogP contribution in [0.1, 0.15) is 43.2 Å². The summed E-state index contributed by atoms with van der Waals surface area (Å²) < 4.78 is 10.3. The van der Waals surface area contributed by atoms with Gasteiger partial charge in [0.2, 0.25) is 11.9 Å². The van der Waals surface area contributed by atoms with Crippen LogP contribution in [0.15, 0.2) is 125 Å². The molecule has 52 heavy (non-hydrogen) atoms. The molecule has 1 fully saturated rings. The van der Waals surface area contributed by atoms with E-state index >= 15 is 0 Å². The number of oxime groups is 1. The van der Waals surface area contributed by atoms with Crippen LogP contribution >= 0.6 is 23.1 Å². The van der Waals surface area contributed by atoms with Crippen LogP contribution in [0.3, 0.4) is 0 Å². The molecule has 3 heterocycles. The normalized spacial score (nSPS) is 17.9. The number of nitrogen functional groups attached to an aromatic ring is 1. The molecule has 0 saturated carbocycles. The number of allylic oxidation sites excluding steroid dienone is 2. The second kappa shape index (κ2) is 15.7. The Kier molecular flexibility index (Phi) is 10.9. The molecule has 4 aromatic rings. The number of nitrogens with two attached hydrogens (primary N) is 1. The monoisotopic (exact) mass is 737 g/mol. The van der Waals surface area contributed by atoms with Crippen molar-refractivity contribution >= 4 is 57.7 Å². The van der Waals surface area contributed by atoms with Crippen molar-refractivity contribution in [3.8, 4) is 0 Å². The summed E-state index contributed by atoms with van der Waals surface area (Å²) in [5.41, 5.74) is 7.47. The number of β-lactam (4-membered cyclic amide) rings is 1. The zero-order valence-corrected chi connectivity index (χ0v) is 30.1. The minimum atomic E-state index is -1.30. The average molecular weight is 738 g/mol. The average Bonchev–Trinajstić information content (AvgIpc) is 3.58. The van der Waals surface area contributed by atoms with Gasteiger partial charge in [-0.2, -0.15) is 0 Å². The van der Waals surface area contributed by atoms with E-state index < -0.39 is 47.1 Å². The summed E-state index contributed by atoms with van der Waals surface area (Å²) in [7, 11) is 0. The van der Waals surface area contributed by atoms with Gasteiger partial charge >= 0.3 is 11.9 Å². The molecule has 0 bridgehead atoms. The number of thioether (sulfide) groups is 1. The van der Waals surface area contributed by atoms with Crippen LogP contribution in [0.25, 0.3) is 0 Å². The number of amides is 2. The number of fused-ring (bicyclic) bond motifs is 1. The molecule has 1 saturated heterocycles. The Morgan fingerprint density at radius 1 is 0.981 bits per heavy atom. The Morgan fingerprint density at radius 3 is 2.06 bits per heavy atom. The highest BCUT2D eigenvalue weighted by atomic mass is 32.2. The SMILES string of the molecule is C/C=C\C1=C(C(=O)OC(C)OC(C)=O)N2C(=O)C(NC(=O)/C(=N\OC(c3ccccc3)(c3ccccc3)c3ccccc3)c3csc(N)n3)[C@@H]2SC1. The van der Waals surface area contributed by atoms with Gasteiger partial charge in [0.1, 0.15) is 22.8 Å². The molecule has 12 nitrogen and oxygen atoms in total. The van der Waals surface area contributed by atoms with E-state index in [1.807, 2.05) is 91.0 Å². The number of carbonyl (C=O) groups is 4. The summed E-state index contributed by atoms with van der Waals surface area (Å²) in [6.07, 6.45) is 2.27. The van der Waals surface area contributed by atoms with Crippen molar-refractivity contribution in [3.05, 3.63) is 142 Å². The molecule has 2 amide bonds. The van der Waals surface area contributed by atoms with Crippen LogP contribution in [0.5, 0.6) is 0 Å². The van der Waals surface area contributed by atoms with Crippen molar-refractivity contribution in [2.24, 2.45) is 5.16 Å². The van der Waals surface area contributed by atoms with Crippen LogP contribution < -0.4 is 11.1 Å². The zero-order valence-electron chi connectivity index (χ0n) is 28.4. The fourth-order valence-electron chi connectivity index (χ4n) is 6.03. The molecule has 0 radical (unpaired) electrons. The third kappa shape index (κ3) is 7.20. The number of rotatable bonds is 12. The predicted octanol–water partition coefficient (Wildman–Crippen LogP) is 5.12. The van der Waals surface area contributed by atoms with E-state index in [4.69, 9.17) is 20.0 Å². The summed E-state index contributed by atoms with van der Waals surface area (Å²) in [6, 6.07) is 27.5. The lowest BCUT2D eigenvalue weighted by Gasteiger charge is -2.49. The Hall–Kier alpha value is -5.73.